The fourth-order valence-electron chi connectivity index (χ4n) is 10.4. The summed E-state index contributed by atoms with van der Waals surface area (Å²) >= 11 is 0. The second kappa shape index (κ2) is 10.5. The minimum absolute atomic E-state index is 0.0664. The van der Waals surface area contributed by atoms with Gasteiger partial charge in [-0.3, -0.25) is 0 Å². The Morgan fingerprint density at radius 1 is 0.519 bits per heavy atom. The Bertz CT molecular complexity index is 3140. The molecule has 0 N–H and O–H groups in total. The molecule has 54 heavy (non-hydrogen) atoms. The van der Waals surface area contributed by atoms with Crippen LogP contribution in [0.5, 0.6) is 0 Å². The van der Waals surface area contributed by atoms with Crippen molar-refractivity contribution < 1.29 is 0 Å². The van der Waals surface area contributed by atoms with Gasteiger partial charge in [0.15, 0.2) is 0 Å². The molecule has 2 atom stereocenters. The third-order valence-electron chi connectivity index (χ3n) is 13.1. The molecule has 4 nitrogen and oxygen atoms in total. The lowest BCUT2D eigenvalue weighted by Gasteiger charge is -2.29. The summed E-state index contributed by atoms with van der Waals surface area (Å²) in [4.78, 5) is 0. The highest BCUT2D eigenvalue weighted by molar-refractivity contribution is 6.12. The number of hydrogen-bond acceptors (Lipinski definition) is 2. The molecule has 0 bridgehead atoms. The molecule has 0 saturated heterocycles. The van der Waals surface area contributed by atoms with E-state index in [1.54, 1.807) is 0 Å². The molecule has 3 aliphatic rings. The highest BCUT2D eigenvalue weighted by Crippen LogP contribution is 2.55. The van der Waals surface area contributed by atoms with Crippen LogP contribution < -0.4 is 0 Å². The summed E-state index contributed by atoms with van der Waals surface area (Å²) in [6, 6.07) is 44.0. The van der Waals surface area contributed by atoms with Crippen LogP contribution >= 0.6 is 0 Å². The first kappa shape index (κ1) is 31.0. The third kappa shape index (κ3) is 3.80. The van der Waals surface area contributed by atoms with E-state index >= 15 is 0 Å². The molecule has 6 aromatic carbocycles. The molecule has 11 rings (SSSR count). The SMILES string of the molecule is CC1(C)c2ccccc2-c2cc3c4ccccc4n(-c4cc(C#N)c(-n5c6ccccc6c6cc7c(cc65)C(C)(C)C5C=CC=CC75)cc4C#N)c3cc21. The Morgan fingerprint density at radius 3 is 1.72 bits per heavy atom. The smallest absolute Gasteiger partial charge is 0.101 e. The lowest BCUT2D eigenvalue weighted by molar-refractivity contribution is 0.394. The zero-order chi connectivity index (χ0) is 36.7. The van der Waals surface area contributed by atoms with E-state index in [-0.39, 0.29) is 10.8 Å². The van der Waals surface area contributed by atoms with Crippen molar-refractivity contribution in [1.82, 2.24) is 9.13 Å². The first-order valence-electron chi connectivity index (χ1n) is 18.8. The summed E-state index contributed by atoms with van der Waals surface area (Å²) in [5, 5.41) is 26.5. The predicted octanol–water partition coefficient (Wildman–Crippen LogP) is 12.0. The summed E-state index contributed by atoms with van der Waals surface area (Å²) in [5.41, 5.74) is 14.2. The van der Waals surface area contributed by atoms with Crippen molar-refractivity contribution in [3.63, 3.8) is 0 Å². The molecule has 3 aliphatic carbocycles. The number of nitrogens with zero attached hydrogens (tertiary/aromatic N) is 4. The summed E-state index contributed by atoms with van der Waals surface area (Å²) in [6.45, 7) is 9.29. The number of fused-ring (bicyclic) bond motifs is 12. The predicted molar refractivity (Wildman–Crippen MR) is 220 cm³/mol. The Morgan fingerprint density at radius 2 is 1.07 bits per heavy atom. The minimum Gasteiger partial charge on any atom is -0.308 e. The molecule has 2 aromatic heterocycles. The summed E-state index contributed by atoms with van der Waals surface area (Å²) in [6.07, 6.45) is 9.06. The number of benzene rings is 6. The fraction of sp³-hybridized carbons (Fsp3) is 0.160. The molecule has 8 aromatic rings. The van der Waals surface area contributed by atoms with Crippen molar-refractivity contribution in [2.75, 3.05) is 0 Å². The van der Waals surface area contributed by atoms with Gasteiger partial charge in [-0.05, 0) is 93.2 Å². The van der Waals surface area contributed by atoms with Crippen molar-refractivity contribution in [1.29, 1.82) is 10.5 Å². The summed E-state index contributed by atoms with van der Waals surface area (Å²) < 4.78 is 4.42. The molecule has 0 saturated carbocycles. The van der Waals surface area contributed by atoms with E-state index in [1.165, 1.54) is 33.4 Å². The number of rotatable bonds is 2. The first-order chi connectivity index (χ1) is 26.2. The second-order valence-corrected chi connectivity index (χ2v) is 16.4. The van der Waals surface area contributed by atoms with E-state index < -0.39 is 0 Å². The number of hydrogen-bond donors (Lipinski definition) is 0. The van der Waals surface area contributed by atoms with Crippen molar-refractivity contribution in [2.24, 2.45) is 5.92 Å². The number of nitriles is 2. The maximum absolute atomic E-state index is 11.0. The largest absolute Gasteiger partial charge is 0.308 e. The monoisotopic (exact) mass is 692 g/mol. The standard InChI is InChI=1S/C50H36N4/c1-49(2)39-17-9-5-13-31(39)35-23-37-33-15-7-11-19-43(33)53(47(37)25-41(35)49)45-21-30(28-52)46(22-29(45)27-51)54-44-20-12-8-16-34(44)38-24-36-32-14-6-10-18-40(32)50(3,4)42(36)26-48(38)54/h5-26,31,39H,1-4H3. The van der Waals surface area contributed by atoms with Crippen molar-refractivity contribution >= 4 is 43.6 Å². The van der Waals surface area contributed by atoms with Crippen molar-refractivity contribution in [3.05, 3.63) is 167 Å². The van der Waals surface area contributed by atoms with Crippen LogP contribution in [0.25, 0.3) is 66.1 Å². The van der Waals surface area contributed by atoms with Gasteiger partial charge in [0.2, 0.25) is 0 Å². The quantitative estimate of drug-likeness (QED) is 0.181. The molecule has 2 heterocycles. The van der Waals surface area contributed by atoms with Gasteiger partial charge in [-0.25, -0.2) is 0 Å². The molecule has 0 spiro atoms. The highest BCUT2D eigenvalue weighted by atomic mass is 15.0. The Kier molecular flexibility index (Phi) is 6.02. The molecule has 4 heteroatoms. The first-order valence-corrected chi connectivity index (χ1v) is 18.8. The second-order valence-electron chi connectivity index (χ2n) is 16.4. The van der Waals surface area contributed by atoms with Crippen LogP contribution in [0.15, 0.2) is 133 Å². The topological polar surface area (TPSA) is 57.4 Å². The van der Waals surface area contributed by atoms with E-state index in [1.807, 2.05) is 12.1 Å². The number of allylic oxidation sites excluding steroid dienone is 4. The Balaban J connectivity index is 1.19. The van der Waals surface area contributed by atoms with Crippen LogP contribution in [0.2, 0.25) is 0 Å². The third-order valence-corrected chi connectivity index (χ3v) is 13.1. The van der Waals surface area contributed by atoms with Gasteiger partial charge in [-0.1, -0.05) is 113 Å². The van der Waals surface area contributed by atoms with Crippen LogP contribution in [0, 0.1) is 28.6 Å². The number of aromatic nitrogens is 2. The van der Waals surface area contributed by atoms with Gasteiger partial charge in [0.05, 0.1) is 44.6 Å². The van der Waals surface area contributed by atoms with Crippen LogP contribution in [0.1, 0.15) is 67.0 Å². The molecule has 2 unspecified atom stereocenters. The molecule has 0 aliphatic heterocycles. The van der Waals surface area contributed by atoms with E-state index in [0.717, 1.165) is 49.3 Å². The van der Waals surface area contributed by atoms with E-state index in [0.29, 0.717) is 28.7 Å². The highest BCUT2D eigenvalue weighted by Gasteiger charge is 2.45. The van der Waals surface area contributed by atoms with Gasteiger partial charge >= 0.3 is 0 Å². The van der Waals surface area contributed by atoms with Crippen molar-refractivity contribution in [3.8, 4) is 34.6 Å². The van der Waals surface area contributed by atoms with Gasteiger partial charge in [0, 0.05) is 32.9 Å². The summed E-state index contributed by atoms with van der Waals surface area (Å²) in [7, 11) is 0. The fourth-order valence-corrected chi connectivity index (χ4v) is 10.4. The Labute approximate surface area is 314 Å². The van der Waals surface area contributed by atoms with Gasteiger partial charge < -0.3 is 9.13 Å². The molecular weight excluding hydrogens is 657 g/mol. The van der Waals surface area contributed by atoms with Crippen molar-refractivity contribution in [2.45, 2.75) is 44.4 Å². The van der Waals surface area contributed by atoms with E-state index in [2.05, 4.69) is 170 Å². The van der Waals surface area contributed by atoms with Gasteiger partial charge in [0.25, 0.3) is 0 Å². The van der Waals surface area contributed by atoms with Gasteiger partial charge in [-0.15, -0.1) is 0 Å². The average Bonchev–Trinajstić information content (AvgIpc) is 3.84. The van der Waals surface area contributed by atoms with Crippen LogP contribution in [0.4, 0.5) is 0 Å². The molecule has 256 valence electrons. The van der Waals surface area contributed by atoms with E-state index in [4.69, 9.17) is 0 Å². The molecule has 0 fully saturated rings. The van der Waals surface area contributed by atoms with Crippen LogP contribution in [-0.2, 0) is 10.8 Å². The zero-order valence-corrected chi connectivity index (χ0v) is 30.6. The minimum atomic E-state index is -0.184. The maximum atomic E-state index is 11.0. The van der Waals surface area contributed by atoms with Gasteiger partial charge in [0.1, 0.15) is 12.1 Å². The normalized spacial score (nSPS) is 18.5. The maximum Gasteiger partial charge on any atom is 0.101 e. The van der Waals surface area contributed by atoms with Gasteiger partial charge in [-0.2, -0.15) is 10.5 Å². The zero-order valence-electron chi connectivity index (χ0n) is 30.6. The molecule has 0 amide bonds. The van der Waals surface area contributed by atoms with Crippen LogP contribution in [0.3, 0.4) is 0 Å². The van der Waals surface area contributed by atoms with E-state index in [9.17, 15) is 10.5 Å². The average molecular weight is 693 g/mol. The Hall–Kier alpha value is -6.62. The molecular formula is C50H36N4. The number of para-hydroxylation sites is 2. The molecule has 0 radical (unpaired) electrons. The lowest BCUT2D eigenvalue weighted by atomic mass is 9.74. The summed E-state index contributed by atoms with van der Waals surface area (Å²) in [5.74, 6) is 0.716. The van der Waals surface area contributed by atoms with Crippen LogP contribution in [-0.4, -0.2) is 9.13 Å². The lowest BCUT2D eigenvalue weighted by Crippen LogP contribution is -2.24.